The predicted molar refractivity (Wildman–Crippen MR) is 80.4 cm³/mol. The largest absolute Gasteiger partial charge is 0.308 e. The summed E-state index contributed by atoms with van der Waals surface area (Å²) in [7, 11) is 4.00. The molecule has 1 atom stereocenters. The molecule has 2 rings (SSSR count). The van der Waals surface area contributed by atoms with E-state index in [9.17, 15) is 4.79 Å². The predicted octanol–water partition coefficient (Wildman–Crippen LogP) is 1.81. The molecular weight excluding hydrogens is 276 g/mol. The van der Waals surface area contributed by atoms with Crippen LogP contribution in [0.1, 0.15) is 36.7 Å². The molecule has 1 aromatic rings. The number of aromatic nitrogens is 2. The summed E-state index contributed by atoms with van der Waals surface area (Å²) in [5, 5.41) is 8.08. The second-order valence-corrected chi connectivity index (χ2v) is 6.07. The van der Waals surface area contributed by atoms with Gasteiger partial charge in [-0.25, -0.2) is 0 Å². The van der Waals surface area contributed by atoms with Gasteiger partial charge in [-0.15, -0.1) is 0 Å². The fraction of sp³-hybridized carbons (Fsp3) is 0.714. The monoisotopic (exact) mass is 298 g/mol. The number of carbonyl (C=O) groups is 1. The molecule has 0 aromatic carbocycles. The van der Waals surface area contributed by atoms with Gasteiger partial charge in [0, 0.05) is 6.54 Å². The first-order chi connectivity index (χ1) is 9.50. The van der Waals surface area contributed by atoms with Crippen molar-refractivity contribution in [3.8, 4) is 0 Å². The Bertz CT molecular complexity index is 478. The van der Waals surface area contributed by atoms with E-state index in [-0.39, 0.29) is 5.78 Å². The summed E-state index contributed by atoms with van der Waals surface area (Å²) in [5.41, 5.74) is 0.0873. The number of rotatable bonds is 6. The molecule has 112 valence electrons. The van der Waals surface area contributed by atoms with Crippen molar-refractivity contribution in [1.82, 2.24) is 20.0 Å². The van der Waals surface area contributed by atoms with Gasteiger partial charge in [0.25, 0.3) is 0 Å². The minimum Gasteiger partial charge on any atom is -0.308 e. The first kappa shape index (κ1) is 15.5. The smallest absolute Gasteiger partial charge is 0.202 e. The average Bonchev–Trinajstić information content (AvgIpc) is 3.03. The number of carbonyl (C=O) groups excluding carboxylic acids is 1. The fourth-order valence-corrected chi connectivity index (χ4v) is 2.97. The van der Waals surface area contributed by atoms with E-state index < -0.39 is 5.54 Å². The number of likely N-dealkylation sites (N-methyl/N-ethyl adjacent to an activating group) is 1. The lowest BCUT2D eigenvalue weighted by molar-refractivity contribution is 0.0851. The van der Waals surface area contributed by atoms with Crippen LogP contribution in [0.5, 0.6) is 0 Å². The second kappa shape index (κ2) is 6.24. The van der Waals surface area contributed by atoms with Gasteiger partial charge in [0.2, 0.25) is 5.78 Å². The molecule has 0 spiro atoms. The van der Waals surface area contributed by atoms with Crippen molar-refractivity contribution in [2.75, 3.05) is 27.2 Å². The van der Waals surface area contributed by atoms with Crippen molar-refractivity contribution in [2.45, 2.75) is 38.3 Å². The number of nitrogens with one attached hydrogen (secondary N) is 1. The van der Waals surface area contributed by atoms with Crippen LogP contribution in [0.15, 0.2) is 6.20 Å². The number of ketones is 1. The maximum atomic E-state index is 12.9. The summed E-state index contributed by atoms with van der Waals surface area (Å²) in [5.74, 6) is 0.0822. The van der Waals surface area contributed by atoms with Crippen LogP contribution in [0.4, 0.5) is 0 Å². The molecule has 1 fully saturated rings. The highest BCUT2D eigenvalue weighted by Gasteiger charge is 2.41. The van der Waals surface area contributed by atoms with E-state index in [4.69, 9.17) is 11.6 Å². The standard InChI is InChI=1S/C14H23ClN4O/c1-4-14(6-5-7-16-14)13(20)12-11(15)10-17-19(12)9-8-18(2)3/h10,16H,4-9H2,1-3H3. The zero-order valence-corrected chi connectivity index (χ0v) is 13.2. The number of nitrogens with zero attached hydrogens (tertiary/aromatic N) is 3. The minimum atomic E-state index is -0.459. The van der Waals surface area contributed by atoms with E-state index in [2.05, 4.69) is 15.3 Å². The Balaban J connectivity index is 2.27. The first-order valence-electron chi connectivity index (χ1n) is 7.16. The normalized spacial score (nSPS) is 22.6. The van der Waals surface area contributed by atoms with Crippen LogP contribution in [-0.2, 0) is 6.54 Å². The quantitative estimate of drug-likeness (QED) is 0.814. The van der Waals surface area contributed by atoms with Gasteiger partial charge in [-0.3, -0.25) is 9.48 Å². The lowest BCUT2D eigenvalue weighted by Crippen LogP contribution is -2.48. The molecular formula is C14H23ClN4O. The molecule has 1 aliphatic heterocycles. The first-order valence-corrected chi connectivity index (χ1v) is 7.54. The third-order valence-corrected chi connectivity index (χ3v) is 4.33. The van der Waals surface area contributed by atoms with Crippen LogP contribution in [0.25, 0.3) is 0 Å². The lowest BCUT2D eigenvalue weighted by Gasteiger charge is -2.27. The molecule has 0 saturated carbocycles. The molecule has 1 N–H and O–H groups in total. The van der Waals surface area contributed by atoms with Crippen molar-refractivity contribution in [1.29, 1.82) is 0 Å². The minimum absolute atomic E-state index is 0.0822. The maximum Gasteiger partial charge on any atom is 0.202 e. The van der Waals surface area contributed by atoms with Crippen LogP contribution in [0.2, 0.25) is 5.02 Å². The Morgan fingerprint density at radius 2 is 2.35 bits per heavy atom. The number of hydrogen-bond acceptors (Lipinski definition) is 4. The highest BCUT2D eigenvalue weighted by atomic mass is 35.5. The molecule has 0 radical (unpaired) electrons. The number of Topliss-reactive ketones (excluding diaryl/α,β-unsaturated/α-hetero) is 1. The van der Waals surface area contributed by atoms with Crippen molar-refractivity contribution in [3.05, 3.63) is 16.9 Å². The van der Waals surface area contributed by atoms with Crippen LogP contribution in [-0.4, -0.2) is 53.2 Å². The third-order valence-electron chi connectivity index (χ3n) is 4.05. The Kier molecular flexibility index (Phi) is 4.83. The number of halogens is 1. The molecule has 0 bridgehead atoms. The summed E-state index contributed by atoms with van der Waals surface area (Å²) in [4.78, 5) is 15.0. The molecule has 1 saturated heterocycles. The van der Waals surface area contributed by atoms with E-state index in [1.54, 1.807) is 10.9 Å². The van der Waals surface area contributed by atoms with E-state index in [1.807, 2.05) is 21.0 Å². The zero-order chi connectivity index (χ0) is 14.8. The average molecular weight is 299 g/mol. The SMILES string of the molecule is CCC1(C(=O)c2c(Cl)cnn2CCN(C)C)CCCN1. The van der Waals surface area contributed by atoms with Crippen LogP contribution in [0.3, 0.4) is 0 Å². The summed E-state index contributed by atoms with van der Waals surface area (Å²) < 4.78 is 1.74. The van der Waals surface area contributed by atoms with Gasteiger partial charge in [-0.2, -0.15) is 5.10 Å². The Labute approximate surface area is 125 Å². The Morgan fingerprint density at radius 3 is 2.90 bits per heavy atom. The van der Waals surface area contributed by atoms with E-state index >= 15 is 0 Å². The van der Waals surface area contributed by atoms with Gasteiger partial charge in [0.1, 0.15) is 5.69 Å². The highest BCUT2D eigenvalue weighted by molar-refractivity contribution is 6.34. The van der Waals surface area contributed by atoms with Gasteiger partial charge >= 0.3 is 0 Å². The topological polar surface area (TPSA) is 50.2 Å². The third kappa shape index (κ3) is 2.90. The molecule has 1 unspecified atom stereocenters. The van der Waals surface area contributed by atoms with Gasteiger partial charge in [-0.1, -0.05) is 18.5 Å². The molecule has 5 nitrogen and oxygen atoms in total. The van der Waals surface area contributed by atoms with E-state index in [1.165, 1.54) is 0 Å². The highest BCUT2D eigenvalue weighted by Crippen LogP contribution is 2.30. The molecule has 1 aromatic heterocycles. The summed E-state index contributed by atoms with van der Waals surface area (Å²) >= 11 is 6.21. The second-order valence-electron chi connectivity index (χ2n) is 5.66. The Morgan fingerprint density at radius 1 is 1.60 bits per heavy atom. The van der Waals surface area contributed by atoms with Crippen molar-refractivity contribution >= 4 is 17.4 Å². The van der Waals surface area contributed by atoms with E-state index in [0.29, 0.717) is 17.3 Å². The summed E-state index contributed by atoms with van der Waals surface area (Å²) in [6, 6.07) is 0. The Hall–Kier alpha value is -0.910. The molecule has 2 heterocycles. The van der Waals surface area contributed by atoms with Gasteiger partial charge in [-0.05, 0) is 39.9 Å². The molecule has 20 heavy (non-hydrogen) atoms. The fourth-order valence-electron chi connectivity index (χ4n) is 2.74. The van der Waals surface area contributed by atoms with Crippen molar-refractivity contribution < 1.29 is 4.79 Å². The molecule has 0 aliphatic carbocycles. The summed E-state index contributed by atoms with van der Waals surface area (Å²) in [6.07, 6.45) is 4.25. The molecule has 0 amide bonds. The zero-order valence-electron chi connectivity index (χ0n) is 12.4. The van der Waals surface area contributed by atoms with Crippen molar-refractivity contribution in [2.24, 2.45) is 0 Å². The molecule has 1 aliphatic rings. The lowest BCUT2D eigenvalue weighted by atomic mass is 9.87. The summed E-state index contributed by atoms with van der Waals surface area (Å²) in [6.45, 7) is 4.43. The van der Waals surface area contributed by atoms with Crippen LogP contribution >= 0.6 is 11.6 Å². The van der Waals surface area contributed by atoms with Gasteiger partial charge < -0.3 is 10.2 Å². The number of hydrogen-bond donors (Lipinski definition) is 1. The van der Waals surface area contributed by atoms with Gasteiger partial charge in [0.05, 0.1) is 23.3 Å². The maximum absolute atomic E-state index is 12.9. The van der Waals surface area contributed by atoms with Crippen LogP contribution < -0.4 is 5.32 Å². The van der Waals surface area contributed by atoms with Gasteiger partial charge in [0.15, 0.2) is 0 Å². The molecule has 6 heteroatoms. The van der Waals surface area contributed by atoms with Crippen LogP contribution in [0, 0.1) is 0 Å². The van der Waals surface area contributed by atoms with Crippen molar-refractivity contribution in [3.63, 3.8) is 0 Å². The van der Waals surface area contributed by atoms with E-state index in [0.717, 1.165) is 32.4 Å².